The Morgan fingerprint density at radius 2 is 1.86 bits per heavy atom. The number of aromatic nitrogens is 2. The normalized spacial score (nSPS) is 22.0. The van der Waals surface area contributed by atoms with Gasteiger partial charge < -0.3 is 5.32 Å². The summed E-state index contributed by atoms with van der Waals surface area (Å²) in [4.78, 5) is 0. The molecule has 0 spiro atoms. The van der Waals surface area contributed by atoms with E-state index in [1.165, 1.54) is 37.7 Å². The van der Waals surface area contributed by atoms with Crippen LogP contribution in [0.15, 0.2) is 34.8 Å². The van der Waals surface area contributed by atoms with Gasteiger partial charge in [0.15, 0.2) is 0 Å². The molecule has 1 saturated carbocycles. The summed E-state index contributed by atoms with van der Waals surface area (Å²) in [5.74, 6) is 1.97. The van der Waals surface area contributed by atoms with E-state index in [4.69, 9.17) is 5.10 Å². The average Bonchev–Trinajstić information content (AvgIpc) is 3.17. The van der Waals surface area contributed by atoms with Gasteiger partial charge in [-0.2, -0.15) is 5.10 Å². The summed E-state index contributed by atoms with van der Waals surface area (Å²) in [5.41, 5.74) is 2.24. The molecule has 1 atom stereocenters. The molecule has 1 aliphatic heterocycles. The van der Waals surface area contributed by atoms with Gasteiger partial charge in [0.2, 0.25) is 0 Å². The zero-order valence-electron chi connectivity index (χ0n) is 12.1. The van der Waals surface area contributed by atoms with Crippen molar-refractivity contribution in [3.8, 4) is 11.3 Å². The van der Waals surface area contributed by atoms with Crippen LogP contribution in [0.2, 0.25) is 0 Å². The van der Waals surface area contributed by atoms with Gasteiger partial charge in [0.05, 0.1) is 10.5 Å². The lowest BCUT2D eigenvalue weighted by Crippen LogP contribution is -2.28. The van der Waals surface area contributed by atoms with Crippen LogP contribution in [-0.4, -0.2) is 16.3 Å². The minimum absolute atomic E-state index is 0.567. The van der Waals surface area contributed by atoms with E-state index in [1.54, 1.807) is 0 Å². The molecule has 0 amide bonds. The van der Waals surface area contributed by atoms with Crippen molar-refractivity contribution in [2.24, 2.45) is 5.92 Å². The number of nitrogens with one attached hydrogen (secondary N) is 1. The van der Waals surface area contributed by atoms with E-state index in [0.717, 1.165) is 28.4 Å². The van der Waals surface area contributed by atoms with Crippen molar-refractivity contribution in [1.82, 2.24) is 9.78 Å². The van der Waals surface area contributed by atoms with Crippen LogP contribution in [0.3, 0.4) is 0 Å². The highest BCUT2D eigenvalue weighted by Gasteiger charge is 2.32. The van der Waals surface area contributed by atoms with Crippen LogP contribution in [0.4, 0.5) is 5.82 Å². The number of fused-ring (bicyclic) bond motifs is 1. The van der Waals surface area contributed by atoms with Crippen LogP contribution < -0.4 is 5.32 Å². The zero-order chi connectivity index (χ0) is 14.2. The van der Waals surface area contributed by atoms with E-state index in [1.807, 2.05) is 6.07 Å². The molecule has 1 aromatic carbocycles. The Kier molecular flexibility index (Phi) is 3.49. The lowest BCUT2D eigenvalue weighted by Gasteiger charge is -2.30. The summed E-state index contributed by atoms with van der Waals surface area (Å²) in [6.45, 7) is 1.06. The topological polar surface area (TPSA) is 29.9 Å². The van der Waals surface area contributed by atoms with Crippen molar-refractivity contribution < 1.29 is 0 Å². The maximum absolute atomic E-state index is 4.95. The Morgan fingerprint density at radius 1 is 1.10 bits per heavy atom. The third-order valence-corrected chi connectivity index (χ3v) is 5.64. The Bertz CT molecular complexity index is 629. The van der Waals surface area contributed by atoms with Crippen LogP contribution in [0.1, 0.15) is 38.1 Å². The van der Waals surface area contributed by atoms with Gasteiger partial charge in [-0.3, -0.25) is 0 Å². The van der Waals surface area contributed by atoms with Crippen molar-refractivity contribution >= 4 is 21.7 Å². The minimum atomic E-state index is 0.567. The van der Waals surface area contributed by atoms with Crippen molar-refractivity contribution in [1.29, 1.82) is 0 Å². The molecular formula is C17H20BrN3. The van der Waals surface area contributed by atoms with E-state index in [0.29, 0.717) is 6.04 Å². The van der Waals surface area contributed by atoms with E-state index >= 15 is 0 Å². The van der Waals surface area contributed by atoms with E-state index in [9.17, 15) is 0 Å². The number of rotatable bonds is 2. The first-order valence-electron chi connectivity index (χ1n) is 7.92. The molecule has 0 bridgehead atoms. The fraction of sp³-hybridized carbons (Fsp3) is 0.471. The highest BCUT2D eigenvalue weighted by Crippen LogP contribution is 2.43. The lowest BCUT2D eigenvalue weighted by molar-refractivity contribution is 0.290. The van der Waals surface area contributed by atoms with Crippen LogP contribution in [-0.2, 0) is 0 Å². The summed E-state index contributed by atoms with van der Waals surface area (Å²) in [6, 6.07) is 11.0. The quantitative estimate of drug-likeness (QED) is 0.842. The maximum atomic E-state index is 4.95. The molecule has 1 N–H and O–H groups in total. The average molecular weight is 346 g/mol. The smallest absolute Gasteiger partial charge is 0.139 e. The van der Waals surface area contributed by atoms with Gasteiger partial charge in [0.25, 0.3) is 0 Å². The third kappa shape index (κ3) is 2.30. The summed E-state index contributed by atoms with van der Waals surface area (Å²) in [7, 11) is 0. The Morgan fingerprint density at radius 3 is 2.62 bits per heavy atom. The van der Waals surface area contributed by atoms with E-state index in [-0.39, 0.29) is 0 Å². The second-order valence-corrected chi connectivity index (χ2v) is 6.94. The highest BCUT2D eigenvalue weighted by molar-refractivity contribution is 9.10. The SMILES string of the molecule is Brc1c(-c2ccccc2)nn2c1NCCC2C1CCCC1. The van der Waals surface area contributed by atoms with Gasteiger partial charge in [-0.15, -0.1) is 0 Å². The molecule has 4 heteroatoms. The molecule has 3 nitrogen and oxygen atoms in total. The Balaban J connectivity index is 1.76. The molecule has 2 aromatic rings. The van der Waals surface area contributed by atoms with Crippen molar-refractivity contribution in [3.63, 3.8) is 0 Å². The highest BCUT2D eigenvalue weighted by atomic mass is 79.9. The van der Waals surface area contributed by atoms with Gasteiger partial charge in [-0.1, -0.05) is 43.2 Å². The number of hydrogen-bond donors (Lipinski definition) is 1. The van der Waals surface area contributed by atoms with Crippen LogP contribution in [0, 0.1) is 5.92 Å². The molecule has 4 rings (SSSR count). The van der Waals surface area contributed by atoms with Crippen LogP contribution in [0.25, 0.3) is 11.3 Å². The van der Waals surface area contributed by atoms with Crippen molar-refractivity contribution in [2.75, 3.05) is 11.9 Å². The predicted molar refractivity (Wildman–Crippen MR) is 89.5 cm³/mol. The number of nitrogens with zero attached hydrogens (tertiary/aromatic N) is 2. The molecule has 1 unspecified atom stereocenters. The van der Waals surface area contributed by atoms with Gasteiger partial charge in [0, 0.05) is 12.1 Å². The van der Waals surface area contributed by atoms with E-state index in [2.05, 4.69) is 50.2 Å². The lowest BCUT2D eigenvalue weighted by atomic mass is 9.94. The summed E-state index contributed by atoms with van der Waals surface area (Å²) in [6.07, 6.45) is 6.69. The fourth-order valence-corrected chi connectivity index (χ4v) is 4.46. The largest absolute Gasteiger partial charge is 0.369 e. The number of benzene rings is 1. The summed E-state index contributed by atoms with van der Waals surface area (Å²) < 4.78 is 3.36. The number of halogens is 1. The first-order valence-corrected chi connectivity index (χ1v) is 8.71. The Hall–Kier alpha value is -1.29. The minimum Gasteiger partial charge on any atom is -0.369 e. The molecular weight excluding hydrogens is 326 g/mol. The van der Waals surface area contributed by atoms with Crippen LogP contribution in [0.5, 0.6) is 0 Å². The monoisotopic (exact) mass is 345 g/mol. The third-order valence-electron chi connectivity index (χ3n) is 4.89. The first-order chi connectivity index (χ1) is 10.3. The standard InChI is InChI=1S/C17H20BrN3/c18-15-16(13-8-2-1-3-9-13)20-21-14(10-11-19-17(15)21)12-6-4-5-7-12/h1-3,8-9,12,14,19H,4-7,10-11H2. The summed E-state index contributed by atoms with van der Waals surface area (Å²) in [5, 5.41) is 8.48. The molecule has 1 fully saturated rings. The number of hydrogen-bond acceptors (Lipinski definition) is 2. The van der Waals surface area contributed by atoms with Crippen molar-refractivity contribution in [2.45, 2.75) is 38.1 Å². The van der Waals surface area contributed by atoms with Crippen LogP contribution >= 0.6 is 15.9 Å². The molecule has 2 heterocycles. The second kappa shape index (κ2) is 5.48. The molecule has 0 saturated heterocycles. The molecule has 1 aromatic heterocycles. The van der Waals surface area contributed by atoms with Gasteiger partial charge in [0.1, 0.15) is 11.5 Å². The number of anilines is 1. The first kappa shape index (κ1) is 13.4. The van der Waals surface area contributed by atoms with Gasteiger partial charge in [-0.05, 0) is 41.1 Å². The summed E-state index contributed by atoms with van der Waals surface area (Å²) >= 11 is 3.76. The molecule has 110 valence electrons. The predicted octanol–water partition coefficient (Wildman–Crippen LogP) is 4.86. The maximum Gasteiger partial charge on any atom is 0.139 e. The molecule has 2 aliphatic rings. The molecule has 0 radical (unpaired) electrons. The van der Waals surface area contributed by atoms with Gasteiger partial charge >= 0.3 is 0 Å². The van der Waals surface area contributed by atoms with Crippen molar-refractivity contribution in [3.05, 3.63) is 34.8 Å². The second-order valence-electron chi connectivity index (χ2n) is 6.15. The molecule has 21 heavy (non-hydrogen) atoms. The fourth-order valence-electron chi connectivity index (χ4n) is 3.83. The van der Waals surface area contributed by atoms with Gasteiger partial charge in [-0.25, -0.2) is 4.68 Å². The molecule has 1 aliphatic carbocycles. The zero-order valence-corrected chi connectivity index (χ0v) is 13.6. The Labute approximate surface area is 133 Å². The van der Waals surface area contributed by atoms with E-state index < -0.39 is 0 Å².